The standard InChI is InChI=1S/C20H18ClN/c1-22(21)20(17-11-5-2-6-12-17,18-13-7-3-8-14-18)19-15-9-4-10-16-19/h2-16H,1H3. The van der Waals surface area contributed by atoms with Gasteiger partial charge < -0.3 is 0 Å². The normalized spacial score (nSPS) is 11.6. The SMILES string of the molecule is CN(Cl)C(c1ccccc1)(c1ccccc1)c1ccccc1. The molecule has 0 spiro atoms. The molecule has 110 valence electrons. The third-order valence-electron chi connectivity index (χ3n) is 4.04. The highest BCUT2D eigenvalue weighted by Gasteiger charge is 2.39. The van der Waals surface area contributed by atoms with Crippen LogP contribution in [0.3, 0.4) is 0 Å². The highest BCUT2D eigenvalue weighted by molar-refractivity contribution is 6.14. The maximum absolute atomic E-state index is 6.64. The fourth-order valence-corrected chi connectivity index (χ4v) is 3.36. The molecule has 0 saturated carbocycles. The Balaban J connectivity index is 2.34. The number of hydrogen-bond donors (Lipinski definition) is 0. The summed E-state index contributed by atoms with van der Waals surface area (Å²) in [6.45, 7) is 0. The molecule has 0 atom stereocenters. The number of rotatable bonds is 4. The molecular formula is C20H18ClN. The first-order chi connectivity index (χ1) is 10.8. The van der Waals surface area contributed by atoms with E-state index in [9.17, 15) is 0 Å². The summed E-state index contributed by atoms with van der Waals surface area (Å²) in [7, 11) is 1.91. The highest BCUT2D eigenvalue weighted by atomic mass is 35.5. The summed E-state index contributed by atoms with van der Waals surface area (Å²) in [4.78, 5) is 0. The number of hydrogen-bond acceptors (Lipinski definition) is 1. The summed E-state index contributed by atoms with van der Waals surface area (Å²) < 4.78 is 1.77. The minimum atomic E-state index is -0.522. The Labute approximate surface area is 136 Å². The van der Waals surface area contributed by atoms with Crippen molar-refractivity contribution in [2.45, 2.75) is 5.54 Å². The van der Waals surface area contributed by atoms with E-state index in [2.05, 4.69) is 72.8 Å². The summed E-state index contributed by atoms with van der Waals surface area (Å²) in [5, 5.41) is 0. The second-order valence-electron chi connectivity index (χ2n) is 5.29. The van der Waals surface area contributed by atoms with Crippen LogP contribution < -0.4 is 0 Å². The predicted octanol–water partition coefficient (Wildman–Crippen LogP) is 5.06. The summed E-state index contributed by atoms with van der Waals surface area (Å²) in [5.74, 6) is 0. The van der Waals surface area contributed by atoms with Gasteiger partial charge in [-0.1, -0.05) is 91.0 Å². The Morgan fingerprint density at radius 1 is 0.591 bits per heavy atom. The molecule has 0 radical (unpaired) electrons. The van der Waals surface area contributed by atoms with E-state index in [0.29, 0.717) is 0 Å². The fraction of sp³-hybridized carbons (Fsp3) is 0.100. The van der Waals surface area contributed by atoms with Crippen molar-refractivity contribution in [3.8, 4) is 0 Å². The molecule has 0 heterocycles. The second kappa shape index (κ2) is 6.35. The molecule has 1 nitrogen and oxygen atoms in total. The Kier molecular flexibility index (Phi) is 4.28. The van der Waals surface area contributed by atoms with Crippen LogP contribution in [0.1, 0.15) is 16.7 Å². The quantitative estimate of drug-likeness (QED) is 0.481. The van der Waals surface area contributed by atoms with Crippen LogP contribution in [0, 0.1) is 0 Å². The first-order valence-corrected chi connectivity index (χ1v) is 7.66. The minimum Gasteiger partial charge on any atom is -0.204 e. The molecular weight excluding hydrogens is 290 g/mol. The lowest BCUT2D eigenvalue weighted by Gasteiger charge is -2.39. The van der Waals surface area contributed by atoms with Gasteiger partial charge in [-0.3, -0.25) is 0 Å². The zero-order valence-corrected chi connectivity index (χ0v) is 13.2. The number of nitrogens with zero attached hydrogens (tertiary/aromatic N) is 1. The number of halogens is 1. The van der Waals surface area contributed by atoms with Gasteiger partial charge in [0.1, 0.15) is 5.54 Å². The molecule has 2 heteroatoms. The van der Waals surface area contributed by atoms with E-state index in [0.717, 1.165) is 16.7 Å². The van der Waals surface area contributed by atoms with Crippen molar-refractivity contribution < 1.29 is 0 Å². The summed E-state index contributed by atoms with van der Waals surface area (Å²) in [5.41, 5.74) is 2.91. The zero-order valence-electron chi connectivity index (χ0n) is 12.5. The first-order valence-electron chi connectivity index (χ1n) is 7.32. The molecule has 0 aromatic heterocycles. The average molecular weight is 308 g/mol. The molecule has 0 N–H and O–H groups in total. The van der Waals surface area contributed by atoms with Crippen molar-refractivity contribution in [3.63, 3.8) is 0 Å². The van der Waals surface area contributed by atoms with Crippen molar-refractivity contribution in [2.24, 2.45) is 0 Å². The third kappa shape index (κ3) is 2.43. The van der Waals surface area contributed by atoms with Crippen LogP contribution in [-0.2, 0) is 5.54 Å². The van der Waals surface area contributed by atoms with Gasteiger partial charge in [0.15, 0.2) is 0 Å². The lowest BCUT2D eigenvalue weighted by molar-refractivity contribution is 0.345. The molecule has 0 amide bonds. The molecule has 22 heavy (non-hydrogen) atoms. The Morgan fingerprint density at radius 2 is 0.864 bits per heavy atom. The minimum absolute atomic E-state index is 0.522. The van der Waals surface area contributed by atoms with E-state index in [1.165, 1.54) is 0 Å². The molecule has 0 saturated heterocycles. The maximum atomic E-state index is 6.64. The van der Waals surface area contributed by atoms with Crippen LogP contribution in [0.15, 0.2) is 91.0 Å². The van der Waals surface area contributed by atoms with Gasteiger partial charge >= 0.3 is 0 Å². The monoisotopic (exact) mass is 307 g/mol. The van der Waals surface area contributed by atoms with E-state index >= 15 is 0 Å². The average Bonchev–Trinajstić information content (AvgIpc) is 2.58. The van der Waals surface area contributed by atoms with Crippen LogP contribution in [0.25, 0.3) is 0 Å². The molecule has 3 rings (SSSR count). The molecule has 0 unspecified atom stereocenters. The van der Waals surface area contributed by atoms with E-state index in [4.69, 9.17) is 11.8 Å². The van der Waals surface area contributed by atoms with Crippen LogP contribution in [0.5, 0.6) is 0 Å². The lowest BCUT2D eigenvalue weighted by Crippen LogP contribution is -2.40. The van der Waals surface area contributed by atoms with E-state index in [1.807, 2.05) is 25.2 Å². The van der Waals surface area contributed by atoms with Crippen LogP contribution in [0.2, 0.25) is 0 Å². The second-order valence-corrected chi connectivity index (χ2v) is 5.79. The lowest BCUT2D eigenvalue weighted by atomic mass is 9.77. The predicted molar refractivity (Wildman–Crippen MR) is 92.8 cm³/mol. The first kappa shape index (κ1) is 14.8. The van der Waals surface area contributed by atoms with Crippen molar-refractivity contribution in [2.75, 3.05) is 7.05 Å². The fourth-order valence-electron chi connectivity index (χ4n) is 3.07. The molecule has 0 bridgehead atoms. The molecule has 0 aliphatic heterocycles. The molecule has 0 fully saturated rings. The zero-order chi connectivity index (χ0) is 15.4. The Bertz CT molecular complexity index is 612. The third-order valence-corrected chi connectivity index (χ3v) is 4.29. The summed E-state index contributed by atoms with van der Waals surface area (Å²) in [6.07, 6.45) is 0. The Hall–Kier alpha value is -2.09. The smallest absolute Gasteiger partial charge is 0.111 e. The van der Waals surface area contributed by atoms with Crippen molar-refractivity contribution in [1.82, 2.24) is 4.42 Å². The van der Waals surface area contributed by atoms with E-state index in [1.54, 1.807) is 4.42 Å². The largest absolute Gasteiger partial charge is 0.204 e. The molecule has 0 aliphatic rings. The Morgan fingerprint density at radius 3 is 1.09 bits per heavy atom. The van der Waals surface area contributed by atoms with Crippen molar-refractivity contribution in [1.29, 1.82) is 0 Å². The summed E-state index contributed by atoms with van der Waals surface area (Å²) >= 11 is 6.64. The summed E-state index contributed by atoms with van der Waals surface area (Å²) in [6, 6.07) is 31.1. The van der Waals surface area contributed by atoms with Crippen molar-refractivity contribution in [3.05, 3.63) is 108 Å². The molecule has 3 aromatic rings. The van der Waals surface area contributed by atoms with Gasteiger partial charge in [-0.05, 0) is 28.5 Å². The van der Waals surface area contributed by atoms with E-state index < -0.39 is 5.54 Å². The van der Waals surface area contributed by atoms with Crippen molar-refractivity contribution >= 4 is 11.8 Å². The van der Waals surface area contributed by atoms with Gasteiger partial charge in [0.2, 0.25) is 0 Å². The highest BCUT2D eigenvalue weighted by Crippen LogP contribution is 2.42. The van der Waals surface area contributed by atoms with Gasteiger partial charge in [-0.2, -0.15) is 0 Å². The van der Waals surface area contributed by atoms with Crippen LogP contribution in [-0.4, -0.2) is 11.5 Å². The van der Waals surface area contributed by atoms with Gasteiger partial charge in [-0.15, -0.1) is 0 Å². The molecule has 3 aromatic carbocycles. The molecule has 0 aliphatic carbocycles. The maximum Gasteiger partial charge on any atom is 0.111 e. The van der Waals surface area contributed by atoms with Gasteiger partial charge in [0.05, 0.1) is 0 Å². The van der Waals surface area contributed by atoms with E-state index in [-0.39, 0.29) is 0 Å². The number of benzene rings is 3. The van der Waals surface area contributed by atoms with Gasteiger partial charge in [0, 0.05) is 7.05 Å². The topological polar surface area (TPSA) is 3.24 Å². The van der Waals surface area contributed by atoms with Gasteiger partial charge in [-0.25, -0.2) is 4.42 Å². The van der Waals surface area contributed by atoms with Crippen LogP contribution in [0.4, 0.5) is 0 Å². The van der Waals surface area contributed by atoms with Crippen LogP contribution >= 0.6 is 11.8 Å². The van der Waals surface area contributed by atoms with Gasteiger partial charge in [0.25, 0.3) is 0 Å².